The summed E-state index contributed by atoms with van der Waals surface area (Å²) in [7, 11) is 0. The van der Waals surface area contributed by atoms with E-state index in [0.29, 0.717) is 17.9 Å². The predicted molar refractivity (Wildman–Crippen MR) is 115 cm³/mol. The van der Waals surface area contributed by atoms with Crippen LogP contribution >= 0.6 is 27.7 Å². The average Bonchev–Trinajstić information content (AvgIpc) is 2.67. The molecule has 28 heavy (non-hydrogen) atoms. The molecule has 0 aromatic heterocycles. The van der Waals surface area contributed by atoms with Crippen LogP contribution < -0.4 is 10.6 Å². The summed E-state index contributed by atoms with van der Waals surface area (Å²) in [6, 6.07) is 10.1. The van der Waals surface area contributed by atoms with Crippen LogP contribution in [0.25, 0.3) is 0 Å². The second-order valence-corrected chi connectivity index (χ2v) is 7.96. The molecular formula is C19H20BrN3O4S. The van der Waals surface area contributed by atoms with Gasteiger partial charge in [0, 0.05) is 27.9 Å². The molecular weight excluding hydrogens is 446 g/mol. The average molecular weight is 466 g/mol. The Balaban J connectivity index is 2.15. The monoisotopic (exact) mass is 465 g/mol. The van der Waals surface area contributed by atoms with E-state index in [2.05, 4.69) is 26.6 Å². The van der Waals surface area contributed by atoms with Gasteiger partial charge in [-0.2, -0.15) is 11.8 Å². The van der Waals surface area contributed by atoms with Crippen LogP contribution in [-0.2, 0) is 4.79 Å². The van der Waals surface area contributed by atoms with Gasteiger partial charge in [-0.25, -0.2) is 0 Å². The van der Waals surface area contributed by atoms with E-state index in [4.69, 9.17) is 0 Å². The molecule has 0 fully saturated rings. The Labute approximate surface area is 175 Å². The van der Waals surface area contributed by atoms with Gasteiger partial charge in [0.1, 0.15) is 6.04 Å². The van der Waals surface area contributed by atoms with Crippen molar-refractivity contribution in [3.8, 4) is 0 Å². The zero-order valence-electron chi connectivity index (χ0n) is 15.4. The fraction of sp³-hybridized carbons (Fsp3) is 0.263. The molecule has 9 heteroatoms. The van der Waals surface area contributed by atoms with E-state index in [-0.39, 0.29) is 17.2 Å². The second-order valence-electron chi connectivity index (χ2n) is 6.06. The van der Waals surface area contributed by atoms with Crippen molar-refractivity contribution in [2.24, 2.45) is 0 Å². The summed E-state index contributed by atoms with van der Waals surface area (Å²) in [5.74, 6) is -0.192. The van der Waals surface area contributed by atoms with E-state index in [1.165, 1.54) is 24.3 Å². The molecule has 2 aromatic carbocycles. The van der Waals surface area contributed by atoms with Gasteiger partial charge in [0.15, 0.2) is 0 Å². The first-order valence-electron chi connectivity index (χ1n) is 8.43. The molecule has 0 aliphatic rings. The number of nitrogens with zero attached hydrogens (tertiary/aromatic N) is 1. The number of amides is 2. The van der Waals surface area contributed by atoms with Crippen molar-refractivity contribution in [3.05, 3.63) is 68.2 Å². The first-order valence-corrected chi connectivity index (χ1v) is 10.6. The standard InChI is InChI=1S/C19H20BrN3O4S/c1-12-10-14(20)6-7-16(12)21-19(25)17(8-9-28-2)22-18(24)13-4-3-5-15(11-13)23(26)27/h3-7,10-11,17H,8-9H2,1-2H3,(H,21,25)(H,22,24). The molecule has 2 N–H and O–H groups in total. The summed E-state index contributed by atoms with van der Waals surface area (Å²) < 4.78 is 0.904. The van der Waals surface area contributed by atoms with Gasteiger partial charge in [0.05, 0.1) is 4.92 Å². The number of carbonyl (C=O) groups is 2. The van der Waals surface area contributed by atoms with Crippen LogP contribution in [0, 0.1) is 17.0 Å². The Hall–Kier alpha value is -2.39. The van der Waals surface area contributed by atoms with E-state index in [1.807, 2.05) is 25.3 Å². The van der Waals surface area contributed by atoms with Crippen LogP contribution in [0.15, 0.2) is 46.9 Å². The number of benzene rings is 2. The molecule has 0 aliphatic heterocycles. The summed E-state index contributed by atoms with van der Waals surface area (Å²) >= 11 is 4.94. The highest BCUT2D eigenvalue weighted by atomic mass is 79.9. The smallest absolute Gasteiger partial charge is 0.270 e. The van der Waals surface area contributed by atoms with E-state index in [9.17, 15) is 19.7 Å². The molecule has 0 heterocycles. The fourth-order valence-electron chi connectivity index (χ4n) is 2.49. The summed E-state index contributed by atoms with van der Waals surface area (Å²) in [6.45, 7) is 1.87. The summed E-state index contributed by atoms with van der Waals surface area (Å²) in [5.41, 5.74) is 1.50. The summed E-state index contributed by atoms with van der Waals surface area (Å²) in [4.78, 5) is 35.6. The minimum Gasteiger partial charge on any atom is -0.340 e. The maximum absolute atomic E-state index is 12.7. The van der Waals surface area contributed by atoms with Crippen molar-refractivity contribution in [1.29, 1.82) is 0 Å². The Kier molecular flexibility index (Phi) is 8.01. The Morgan fingerprint density at radius 2 is 2.00 bits per heavy atom. The van der Waals surface area contributed by atoms with Gasteiger partial charge in [-0.15, -0.1) is 0 Å². The minimum atomic E-state index is -0.762. The minimum absolute atomic E-state index is 0.135. The van der Waals surface area contributed by atoms with Crippen molar-refractivity contribution in [3.63, 3.8) is 0 Å². The van der Waals surface area contributed by atoms with Crippen molar-refractivity contribution in [2.75, 3.05) is 17.3 Å². The third-order valence-corrected chi connectivity index (χ3v) is 5.14. The van der Waals surface area contributed by atoms with E-state index in [1.54, 1.807) is 17.8 Å². The highest BCUT2D eigenvalue weighted by molar-refractivity contribution is 9.10. The number of nitro benzene ring substituents is 1. The summed E-state index contributed by atoms with van der Waals surface area (Å²) in [5, 5.41) is 16.4. The first-order chi connectivity index (χ1) is 13.3. The maximum atomic E-state index is 12.7. The zero-order chi connectivity index (χ0) is 20.7. The molecule has 7 nitrogen and oxygen atoms in total. The molecule has 2 rings (SSSR count). The van der Waals surface area contributed by atoms with E-state index >= 15 is 0 Å². The quantitative estimate of drug-likeness (QED) is 0.450. The van der Waals surface area contributed by atoms with Crippen LogP contribution in [0.4, 0.5) is 11.4 Å². The number of aryl methyl sites for hydroxylation is 1. The van der Waals surface area contributed by atoms with Gasteiger partial charge in [-0.3, -0.25) is 19.7 Å². The SMILES string of the molecule is CSCCC(NC(=O)c1cccc([N+](=O)[O-])c1)C(=O)Nc1ccc(Br)cc1C. The number of hydrogen-bond acceptors (Lipinski definition) is 5. The van der Waals surface area contributed by atoms with Crippen LogP contribution in [0.2, 0.25) is 0 Å². The largest absolute Gasteiger partial charge is 0.340 e. The lowest BCUT2D eigenvalue weighted by Gasteiger charge is -2.19. The number of nitro groups is 1. The van der Waals surface area contributed by atoms with Crippen molar-refractivity contribution >= 4 is 50.9 Å². The highest BCUT2D eigenvalue weighted by Gasteiger charge is 2.22. The van der Waals surface area contributed by atoms with Crippen molar-refractivity contribution in [1.82, 2.24) is 5.32 Å². The lowest BCUT2D eigenvalue weighted by atomic mass is 10.1. The normalized spacial score (nSPS) is 11.5. The van der Waals surface area contributed by atoms with Crippen LogP contribution in [-0.4, -0.2) is 34.8 Å². The van der Waals surface area contributed by atoms with E-state index in [0.717, 1.165) is 10.0 Å². The number of thioether (sulfide) groups is 1. The second kappa shape index (κ2) is 10.2. The predicted octanol–water partition coefficient (Wildman–Crippen LogP) is 4.16. The van der Waals surface area contributed by atoms with Crippen molar-refractivity contribution < 1.29 is 14.5 Å². The maximum Gasteiger partial charge on any atom is 0.270 e. The van der Waals surface area contributed by atoms with Gasteiger partial charge in [-0.05, 0) is 55.2 Å². The molecule has 0 saturated heterocycles. The molecule has 0 aliphatic carbocycles. The molecule has 148 valence electrons. The van der Waals surface area contributed by atoms with Gasteiger partial charge in [0.2, 0.25) is 5.91 Å². The Morgan fingerprint density at radius 3 is 2.64 bits per heavy atom. The molecule has 0 radical (unpaired) electrons. The molecule has 0 spiro atoms. The highest BCUT2D eigenvalue weighted by Crippen LogP contribution is 2.20. The van der Waals surface area contributed by atoms with Gasteiger partial charge in [-0.1, -0.05) is 22.0 Å². The number of carbonyl (C=O) groups excluding carboxylic acids is 2. The molecule has 2 amide bonds. The fourth-order valence-corrected chi connectivity index (χ4v) is 3.44. The molecule has 2 aromatic rings. The topological polar surface area (TPSA) is 101 Å². The lowest BCUT2D eigenvalue weighted by Crippen LogP contribution is -2.44. The number of non-ortho nitro benzene ring substituents is 1. The van der Waals surface area contributed by atoms with Gasteiger partial charge in [0.25, 0.3) is 11.6 Å². The first kappa shape index (κ1) is 21.9. The number of hydrogen-bond donors (Lipinski definition) is 2. The number of rotatable bonds is 8. The molecule has 1 unspecified atom stereocenters. The van der Waals surface area contributed by atoms with Gasteiger partial charge < -0.3 is 10.6 Å². The van der Waals surface area contributed by atoms with Crippen molar-refractivity contribution in [2.45, 2.75) is 19.4 Å². The van der Waals surface area contributed by atoms with E-state index < -0.39 is 16.9 Å². The third-order valence-electron chi connectivity index (χ3n) is 4.00. The lowest BCUT2D eigenvalue weighted by molar-refractivity contribution is -0.384. The Bertz CT molecular complexity index is 891. The molecule has 0 saturated carbocycles. The Morgan fingerprint density at radius 1 is 1.25 bits per heavy atom. The molecule has 1 atom stereocenters. The van der Waals surface area contributed by atoms with Crippen LogP contribution in [0.3, 0.4) is 0 Å². The third kappa shape index (κ3) is 6.07. The van der Waals surface area contributed by atoms with Gasteiger partial charge >= 0.3 is 0 Å². The molecule has 0 bridgehead atoms. The number of nitrogens with one attached hydrogen (secondary N) is 2. The van der Waals surface area contributed by atoms with Crippen LogP contribution in [0.5, 0.6) is 0 Å². The van der Waals surface area contributed by atoms with Crippen LogP contribution in [0.1, 0.15) is 22.3 Å². The zero-order valence-corrected chi connectivity index (χ0v) is 17.8. The number of anilines is 1. The summed E-state index contributed by atoms with van der Waals surface area (Å²) in [6.07, 6.45) is 2.35. The number of halogens is 1.